The summed E-state index contributed by atoms with van der Waals surface area (Å²) in [4.78, 5) is 23.4. The molecule has 0 spiro atoms. The number of aromatic nitrogens is 3. The monoisotopic (exact) mass is 326 g/mol. The summed E-state index contributed by atoms with van der Waals surface area (Å²) in [5.41, 5.74) is 4.21. The van der Waals surface area contributed by atoms with E-state index in [-0.39, 0.29) is 5.91 Å². The molecular formula is C17H15ClN4O. The number of H-pyrrole nitrogens is 1. The highest BCUT2D eigenvalue weighted by molar-refractivity contribution is 6.29. The Kier molecular flexibility index (Phi) is 4.39. The van der Waals surface area contributed by atoms with Crippen molar-refractivity contribution >= 4 is 17.5 Å². The van der Waals surface area contributed by atoms with Gasteiger partial charge in [0.2, 0.25) is 0 Å². The van der Waals surface area contributed by atoms with Gasteiger partial charge in [-0.1, -0.05) is 17.7 Å². The zero-order chi connectivity index (χ0) is 16.2. The Bertz CT molecular complexity index is 830. The van der Waals surface area contributed by atoms with Crippen LogP contribution in [0.25, 0.3) is 11.1 Å². The summed E-state index contributed by atoms with van der Waals surface area (Å²) >= 11 is 5.93. The summed E-state index contributed by atoms with van der Waals surface area (Å²) in [6.45, 7) is 2.35. The van der Waals surface area contributed by atoms with Crippen LogP contribution in [0.1, 0.15) is 21.7 Å². The van der Waals surface area contributed by atoms with Crippen molar-refractivity contribution < 1.29 is 4.79 Å². The average molecular weight is 327 g/mol. The van der Waals surface area contributed by atoms with E-state index in [0.29, 0.717) is 17.4 Å². The molecule has 0 saturated carbocycles. The molecule has 0 aromatic carbocycles. The number of nitrogens with zero attached hydrogens (tertiary/aromatic N) is 2. The van der Waals surface area contributed by atoms with Crippen molar-refractivity contribution in [2.45, 2.75) is 13.5 Å². The van der Waals surface area contributed by atoms with Gasteiger partial charge < -0.3 is 10.3 Å². The molecule has 3 aromatic heterocycles. The Hall–Kier alpha value is -2.66. The fourth-order valence-corrected chi connectivity index (χ4v) is 2.50. The number of rotatable bonds is 4. The molecule has 3 aromatic rings. The van der Waals surface area contributed by atoms with Crippen molar-refractivity contribution in [3.8, 4) is 11.1 Å². The molecule has 0 saturated heterocycles. The lowest BCUT2D eigenvalue weighted by molar-refractivity contribution is 0.0946. The minimum absolute atomic E-state index is 0.164. The zero-order valence-corrected chi connectivity index (χ0v) is 13.3. The second kappa shape index (κ2) is 6.62. The number of hydrogen-bond acceptors (Lipinski definition) is 3. The van der Waals surface area contributed by atoms with E-state index < -0.39 is 0 Å². The van der Waals surface area contributed by atoms with Gasteiger partial charge in [-0.15, -0.1) is 0 Å². The Morgan fingerprint density at radius 3 is 2.91 bits per heavy atom. The predicted molar refractivity (Wildman–Crippen MR) is 89.2 cm³/mol. The highest BCUT2D eigenvalue weighted by atomic mass is 35.5. The van der Waals surface area contributed by atoms with Gasteiger partial charge in [0.15, 0.2) is 0 Å². The second-order valence-electron chi connectivity index (χ2n) is 5.13. The number of aryl methyl sites for hydroxylation is 1. The van der Waals surface area contributed by atoms with E-state index in [1.165, 1.54) is 0 Å². The molecule has 3 rings (SSSR count). The van der Waals surface area contributed by atoms with Gasteiger partial charge >= 0.3 is 0 Å². The van der Waals surface area contributed by atoms with Crippen molar-refractivity contribution in [2.24, 2.45) is 0 Å². The maximum absolute atomic E-state index is 12.3. The third-order valence-electron chi connectivity index (χ3n) is 3.47. The normalized spacial score (nSPS) is 10.5. The minimum atomic E-state index is -0.164. The summed E-state index contributed by atoms with van der Waals surface area (Å²) < 4.78 is 0. The second-order valence-corrected chi connectivity index (χ2v) is 5.52. The van der Waals surface area contributed by atoms with E-state index in [0.717, 1.165) is 22.4 Å². The van der Waals surface area contributed by atoms with Crippen LogP contribution in [0, 0.1) is 6.92 Å². The van der Waals surface area contributed by atoms with Crippen molar-refractivity contribution in [3.05, 3.63) is 71.0 Å². The molecule has 0 aliphatic carbocycles. The van der Waals surface area contributed by atoms with Crippen LogP contribution < -0.4 is 5.32 Å². The topological polar surface area (TPSA) is 70.7 Å². The third kappa shape index (κ3) is 3.57. The molecule has 0 fully saturated rings. The molecule has 116 valence electrons. The van der Waals surface area contributed by atoms with E-state index in [9.17, 15) is 4.79 Å². The Labute approximate surface area is 138 Å². The molecule has 3 heterocycles. The molecule has 0 aliphatic heterocycles. The van der Waals surface area contributed by atoms with Gasteiger partial charge in [0.25, 0.3) is 5.91 Å². The Morgan fingerprint density at radius 1 is 1.30 bits per heavy atom. The Balaban J connectivity index is 1.76. The Morgan fingerprint density at radius 2 is 2.17 bits per heavy atom. The van der Waals surface area contributed by atoms with Gasteiger partial charge in [0.1, 0.15) is 10.8 Å². The molecule has 6 heteroatoms. The van der Waals surface area contributed by atoms with Gasteiger partial charge in [0, 0.05) is 36.4 Å². The SMILES string of the molecule is Cc1[nH]c(C(=O)NCc2cccnc2)cc1-c1ccnc(Cl)c1. The van der Waals surface area contributed by atoms with Gasteiger partial charge in [-0.2, -0.15) is 0 Å². The number of carbonyl (C=O) groups excluding carboxylic acids is 1. The molecule has 0 bridgehead atoms. The molecule has 0 aliphatic rings. The first-order valence-electron chi connectivity index (χ1n) is 7.12. The number of hydrogen-bond donors (Lipinski definition) is 2. The van der Waals surface area contributed by atoms with Crippen LogP contribution in [0.15, 0.2) is 48.9 Å². The van der Waals surface area contributed by atoms with Gasteiger partial charge in [-0.3, -0.25) is 9.78 Å². The molecule has 0 atom stereocenters. The van der Waals surface area contributed by atoms with Gasteiger partial charge in [-0.05, 0) is 42.3 Å². The van der Waals surface area contributed by atoms with Crippen LogP contribution in [-0.2, 0) is 6.54 Å². The quantitative estimate of drug-likeness (QED) is 0.722. The fourth-order valence-electron chi connectivity index (χ4n) is 2.33. The van der Waals surface area contributed by atoms with E-state index in [2.05, 4.69) is 20.3 Å². The van der Waals surface area contributed by atoms with Crippen molar-refractivity contribution in [1.82, 2.24) is 20.3 Å². The summed E-state index contributed by atoms with van der Waals surface area (Å²) in [5, 5.41) is 3.29. The standard InChI is InChI=1S/C17H15ClN4O/c1-11-14(13-4-6-20-16(18)7-13)8-15(22-11)17(23)21-10-12-3-2-5-19-9-12/h2-9,22H,10H2,1H3,(H,21,23). The van der Waals surface area contributed by atoms with Crippen molar-refractivity contribution in [1.29, 1.82) is 0 Å². The van der Waals surface area contributed by atoms with E-state index >= 15 is 0 Å². The number of halogens is 1. The molecule has 1 amide bonds. The molecule has 0 unspecified atom stereocenters. The van der Waals surface area contributed by atoms with Crippen LogP contribution in [0.5, 0.6) is 0 Å². The van der Waals surface area contributed by atoms with E-state index in [1.54, 1.807) is 24.7 Å². The lowest BCUT2D eigenvalue weighted by Crippen LogP contribution is -2.23. The summed E-state index contributed by atoms with van der Waals surface area (Å²) in [6, 6.07) is 9.21. The van der Waals surface area contributed by atoms with Crippen molar-refractivity contribution in [2.75, 3.05) is 0 Å². The van der Waals surface area contributed by atoms with Crippen LogP contribution in [0.2, 0.25) is 5.15 Å². The first kappa shape index (κ1) is 15.2. The predicted octanol–water partition coefficient (Wildman–Crippen LogP) is 3.36. The number of nitrogens with one attached hydrogen (secondary N) is 2. The number of pyridine rings is 2. The van der Waals surface area contributed by atoms with Gasteiger partial charge in [-0.25, -0.2) is 4.98 Å². The number of aromatic amines is 1. The van der Waals surface area contributed by atoms with Crippen molar-refractivity contribution in [3.63, 3.8) is 0 Å². The molecule has 2 N–H and O–H groups in total. The largest absolute Gasteiger partial charge is 0.354 e. The zero-order valence-electron chi connectivity index (χ0n) is 12.5. The third-order valence-corrected chi connectivity index (χ3v) is 3.68. The molecule has 5 nitrogen and oxygen atoms in total. The summed E-state index contributed by atoms with van der Waals surface area (Å²) in [7, 11) is 0. The van der Waals surface area contributed by atoms with Crippen LogP contribution in [0.4, 0.5) is 0 Å². The molecule has 0 radical (unpaired) electrons. The summed E-state index contributed by atoms with van der Waals surface area (Å²) in [5.74, 6) is -0.164. The van der Waals surface area contributed by atoms with E-state index in [4.69, 9.17) is 11.6 Å². The first-order chi connectivity index (χ1) is 11.1. The highest BCUT2D eigenvalue weighted by Gasteiger charge is 2.13. The summed E-state index contributed by atoms with van der Waals surface area (Å²) in [6.07, 6.45) is 5.07. The van der Waals surface area contributed by atoms with Crippen LogP contribution >= 0.6 is 11.6 Å². The lowest BCUT2D eigenvalue weighted by Gasteiger charge is -2.03. The maximum atomic E-state index is 12.3. The lowest BCUT2D eigenvalue weighted by atomic mass is 10.1. The average Bonchev–Trinajstić information content (AvgIpc) is 2.95. The van der Waals surface area contributed by atoms with Crippen LogP contribution in [0.3, 0.4) is 0 Å². The van der Waals surface area contributed by atoms with Crippen LogP contribution in [-0.4, -0.2) is 20.9 Å². The van der Waals surface area contributed by atoms with E-state index in [1.807, 2.05) is 31.2 Å². The number of carbonyl (C=O) groups is 1. The molecule has 23 heavy (non-hydrogen) atoms. The first-order valence-corrected chi connectivity index (χ1v) is 7.50. The molecular weight excluding hydrogens is 312 g/mol. The maximum Gasteiger partial charge on any atom is 0.267 e. The fraction of sp³-hybridized carbons (Fsp3) is 0.118. The number of amides is 1. The van der Waals surface area contributed by atoms with Gasteiger partial charge in [0.05, 0.1) is 0 Å². The minimum Gasteiger partial charge on any atom is -0.354 e. The highest BCUT2D eigenvalue weighted by Crippen LogP contribution is 2.25. The smallest absolute Gasteiger partial charge is 0.267 e.